The van der Waals surface area contributed by atoms with Gasteiger partial charge in [0.15, 0.2) is 0 Å². The van der Waals surface area contributed by atoms with E-state index >= 15 is 0 Å². The third kappa shape index (κ3) is 15.8. The third-order valence-corrected chi connectivity index (χ3v) is 6.45. The van der Waals surface area contributed by atoms with Gasteiger partial charge in [0.2, 0.25) is 0 Å². The van der Waals surface area contributed by atoms with Crippen LogP contribution in [-0.2, 0) is 9.53 Å². The van der Waals surface area contributed by atoms with Gasteiger partial charge in [0.1, 0.15) is 5.69 Å². The smallest absolute Gasteiger partial charge is 0.311 e. The van der Waals surface area contributed by atoms with Crippen molar-refractivity contribution in [2.75, 3.05) is 12.0 Å². The van der Waals surface area contributed by atoms with Gasteiger partial charge in [-0.1, -0.05) is 108 Å². The van der Waals surface area contributed by atoms with Gasteiger partial charge in [-0.3, -0.25) is 20.3 Å². The monoisotopic (exact) mass is 523 g/mol. The number of rotatable bonds is 22. The number of halogens is 1. The molecule has 1 N–H and O–H groups in total. The number of nitro benzene ring substituents is 1. The fraction of sp³-hybridized carbons (Fsp3) is 0.714. The Hall–Kier alpha value is -2.15. The van der Waals surface area contributed by atoms with Crippen LogP contribution >= 0.6 is 11.6 Å². The summed E-state index contributed by atoms with van der Waals surface area (Å²) in [5.41, 5.74) is 3.44. The first-order valence-electron chi connectivity index (χ1n) is 13.9. The van der Waals surface area contributed by atoms with E-state index in [1.165, 1.54) is 95.2 Å². The molecule has 0 amide bonds. The first kappa shape index (κ1) is 31.9. The number of hydrazone groups is 1. The van der Waals surface area contributed by atoms with E-state index < -0.39 is 4.92 Å². The summed E-state index contributed by atoms with van der Waals surface area (Å²) in [7, 11) is 0. The van der Waals surface area contributed by atoms with Gasteiger partial charge in [0.05, 0.1) is 18.0 Å². The van der Waals surface area contributed by atoms with E-state index in [4.69, 9.17) is 16.3 Å². The minimum absolute atomic E-state index is 0.0633. The zero-order valence-electron chi connectivity index (χ0n) is 22.4. The Kier molecular flexibility index (Phi) is 18.6. The summed E-state index contributed by atoms with van der Waals surface area (Å²) in [6, 6.07) is 4.25. The number of hydrogen-bond acceptors (Lipinski definition) is 6. The molecule has 1 rings (SSSR count). The van der Waals surface area contributed by atoms with Crippen LogP contribution in [0.15, 0.2) is 23.3 Å². The molecule has 8 heteroatoms. The number of esters is 1. The van der Waals surface area contributed by atoms with Gasteiger partial charge >= 0.3 is 5.97 Å². The predicted molar refractivity (Wildman–Crippen MR) is 150 cm³/mol. The molecule has 0 saturated carbocycles. The normalized spacial score (nSPS) is 11.5. The molecule has 1 aromatic carbocycles. The minimum atomic E-state index is -0.492. The summed E-state index contributed by atoms with van der Waals surface area (Å²) in [6.07, 6.45) is 20.0. The fourth-order valence-electron chi connectivity index (χ4n) is 4.16. The first-order chi connectivity index (χ1) is 17.5. The van der Waals surface area contributed by atoms with E-state index in [0.29, 0.717) is 23.8 Å². The number of ether oxygens (including phenoxy) is 1. The highest BCUT2D eigenvalue weighted by Crippen LogP contribution is 2.27. The lowest BCUT2D eigenvalue weighted by Crippen LogP contribution is -2.13. The Morgan fingerprint density at radius 2 is 1.44 bits per heavy atom. The molecule has 0 saturated heterocycles. The van der Waals surface area contributed by atoms with Crippen molar-refractivity contribution < 1.29 is 14.5 Å². The van der Waals surface area contributed by atoms with Gasteiger partial charge in [-0.25, -0.2) is 0 Å². The van der Waals surface area contributed by atoms with Crippen molar-refractivity contribution in [3.63, 3.8) is 0 Å². The SMILES string of the molecule is CCCCCCCCCCCCCCCCC/C(CC(=O)OCC)=N\Nc1cc(Cl)ccc1[N+](=O)[O-]. The quantitative estimate of drug-likeness (QED) is 0.0537. The topological polar surface area (TPSA) is 93.8 Å². The van der Waals surface area contributed by atoms with Gasteiger partial charge < -0.3 is 4.74 Å². The first-order valence-corrected chi connectivity index (χ1v) is 14.3. The number of nitrogens with zero attached hydrogens (tertiary/aromatic N) is 2. The lowest BCUT2D eigenvalue weighted by atomic mass is 10.0. The number of unbranched alkanes of at least 4 members (excludes halogenated alkanes) is 14. The van der Waals surface area contributed by atoms with Gasteiger partial charge in [0, 0.05) is 16.8 Å². The summed E-state index contributed by atoms with van der Waals surface area (Å²) in [4.78, 5) is 22.8. The molecule has 0 spiro atoms. The number of nitro groups is 1. The van der Waals surface area contributed by atoms with Crippen molar-refractivity contribution in [2.24, 2.45) is 5.10 Å². The Balaban J connectivity index is 2.31. The Bertz CT molecular complexity index is 786. The van der Waals surface area contributed by atoms with Crippen LogP contribution in [0.2, 0.25) is 5.02 Å². The second kappa shape index (κ2) is 21.0. The molecule has 0 aromatic heterocycles. The molecule has 0 bridgehead atoms. The van der Waals surface area contributed by atoms with Crippen LogP contribution < -0.4 is 5.43 Å². The second-order valence-electron chi connectivity index (χ2n) is 9.39. The third-order valence-electron chi connectivity index (χ3n) is 6.21. The molecule has 204 valence electrons. The van der Waals surface area contributed by atoms with Crippen LogP contribution in [0.3, 0.4) is 0 Å². The average Bonchev–Trinajstić information content (AvgIpc) is 2.84. The number of hydrogen-bond donors (Lipinski definition) is 1. The van der Waals surface area contributed by atoms with E-state index in [2.05, 4.69) is 17.5 Å². The molecule has 0 aliphatic rings. The average molecular weight is 524 g/mol. The molecule has 0 aliphatic carbocycles. The van der Waals surface area contributed by atoms with E-state index in [0.717, 1.165) is 19.3 Å². The van der Waals surface area contributed by atoms with Gasteiger partial charge in [-0.15, -0.1) is 0 Å². The van der Waals surface area contributed by atoms with Crippen molar-refractivity contribution in [1.29, 1.82) is 0 Å². The summed E-state index contributed by atoms with van der Waals surface area (Å²) >= 11 is 5.98. The van der Waals surface area contributed by atoms with E-state index in [1.807, 2.05) is 0 Å². The maximum absolute atomic E-state index is 12.0. The molecule has 36 heavy (non-hydrogen) atoms. The standard InChI is InChI=1S/C28H46ClN3O4/c1-3-5-6-7-8-9-10-11-12-13-14-15-16-17-18-19-25(23-28(33)36-4-2)30-31-26-22-24(29)20-21-27(26)32(34)35/h20-22,31H,3-19,23H2,1-2H3/b30-25+. The highest BCUT2D eigenvalue weighted by molar-refractivity contribution is 6.31. The molecule has 0 heterocycles. The highest BCUT2D eigenvalue weighted by atomic mass is 35.5. The summed E-state index contributed by atoms with van der Waals surface area (Å²) in [5.74, 6) is -0.348. The van der Waals surface area contributed by atoms with E-state index in [9.17, 15) is 14.9 Å². The molecule has 0 fully saturated rings. The Morgan fingerprint density at radius 1 is 0.917 bits per heavy atom. The second-order valence-corrected chi connectivity index (χ2v) is 9.83. The minimum Gasteiger partial charge on any atom is -0.466 e. The molecule has 1 aromatic rings. The van der Waals surface area contributed by atoms with Crippen LogP contribution in [0.1, 0.15) is 123 Å². The van der Waals surface area contributed by atoms with Gasteiger partial charge in [-0.05, 0) is 31.9 Å². The van der Waals surface area contributed by atoms with Crippen molar-refractivity contribution in [2.45, 2.75) is 123 Å². The summed E-state index contributed by atoms with van der Waals surface area (Å²) in [6.45, 7) is 4.33. The summed E-state index contributed by atoms with van der Waals surface area (Å²) in [5, 5.41) is 15.9. The van der Waals surface area contributed by atoms with Crippen molar-refractivity contribution >= 4 is 34.7 Å². The van der Waals surface area contributed by atoms with Crippen molar-refractivity contribution in [3.8, 4) is 0 Å². The Labute approximate surface area is 222 Å². The molecule has 7 nitrogen and oxygen atoms in total. The fourth-order valence-corrected chi connectivity index (χ4v) is 4.33. The number of benzene rings is 1. The predicted octanol–water partition coefficient (Wildman–Crippen LogP) is 9.23. The zero-order valence-corrected chi connectivity index (χ0v) is 23.1. The van der Waals surface area contributed by atoms with Crippen molar-refractivity contribution in [3.05, 3.63) is 33.3 Å². The van der Waals surface area contributed by atoms with Gasteiger partial charge in [-0.2, -0.15) is 5.10 Å². The number of nitrogens with one attached hydrogen (secondary N) is 1. The highest BCUT2D eigenvalue weighted by Gasteiger charge is 2.15. The number of anilines is 1. The van der Waals surface area contributed by atoms with Crippen LogP contribution in [0.4, 0.5) is 11.4 Å². The zero-order chi connectivity index (χ0) is 26.4. The van der Waals surface area contributed by atoms with Crippen LogP contribution in [0, 0.1) is 10.1 Å². The largest absolute Gasteiger partial charge is 0.466 e. The molecular weight excluding hydrogens is 478 g/mol. The van der Waals surface area contributed by atoms with Crippen LogP contribution in [-0.4, -0.2) is 23.2 Å². The molecule has 0 radical (unpaired) electrons. The molecule has 0 aliphatic heterocycles. The van der Waals surface area contributed by atoms with Crippen LogP contribution in [0.5, 0.6) is 0 Å². The lowest BCUT2D eigenvalue weighted by Gasteiger charge is -2.09. The van der Waals surface area contributed by atoms with E-state index in [1.54, 1.807) is 6.92 Å². The summed E-state index contributed by atoms with van der Waals surface area (Å²) < 4.78 is 5.06. The maximum atomic E-state index is 12.0. The molecular formula is C28H46ClN3O4. The van der Waals surface area contributed by atoms with E-state index in [-0.39, 0.29) is 23.8 Å². The van der Waals surface area contributed by atoms with Crippen LogP contribution in [0.25, 0.3) is 0 Å². The lowest BCUT2D eigenvalue weighted by molar-refractivity contribution is -0.384. The van der Waals surface area contributed by atoms with Gasteiger partial charge in [0.25, 0.3) is 5.69 Å². The maximum Gasteiger partial charge on any atom is 0.311 e. The molecule has 0 unspecified atom stereocenters. The number of carbonyl (C=O) groups excluding carboxylic acids is 1. The molecule has 0 atom stereocenters. The number of carbonyl (C=O) groups is 1. The van der Waals surface area contributed by atoms with Crippen molar-refractivity contribution in [1.82, 2.24) is 0 Å². The Morgan fingerprint density at radius 3 is 1.94 bits per heavy atom.